The van der Waals surface area contributed by atoms with Crippen LogP contribution in [-0.2, 0) is 6.42 Å². The van der Waals surface area contributed by atoms with Gasteiger partial charge in [-0.25, -0.2) is 8.78 Å². The van der Waals surface area contributed by atoms with Gasteiger partial charge in [-0.05, 0) is 30.2 Å². The van der Waals surface area contributed by atoms with Crippen molar-refractivity contribution in [2.45, 2.75) is 44.6 Å². The normalized spacial score (nSPS) is 21.6. The molecule has 1 saturated carbocycles. The Hall–Kier alpha value is -1.22. The lowest BCUT2D eigenvalue weighted by atomic mass is 9.80. The van der Waals surface area contributed by atoms with E-state index in [4.69, 9.17) is 0 Å². The molecule has 0 amide bonds. The van der Waals surface area contributed by atoms with Gasteiger partial charge in [0.2, 0.25) is 5.92 Å². The lowest BCUT2D eigenvalue weighted by Gasteiger charge is -2.33. The Bertz CT molecular complexity index is 434. The molecule has 2 rings (SSSR count). The van der Waals surface area contributed by atoms with Crippen LogP contribution in [0, 0.1) is 11.8 Å². The van der Waals surface area contributed by atoms with Crippen LogP contribution >= 0.6 is 0 Å². The van der Waals surface area contributed by atoms with E-state index in [1.54, 1.807) is 12.2 Å². The lowest BCUT2D eigenvalue weighted by molar-refractivity contribution is -0.0964. The molecule has 20 heavy (non-hydrogen) atoms. The molecule has 1 aromatic carbocycles. The van der Waals surface area contributed by atoms with E-state index >= 15 is 0 Å². The number of halogens is 2. The Balaban J connectivity index is 1.72. The second-order valence-corrected chi connectivity index (χ2v) is 5.90. The van der Waals surface area contributed by atoms with Crippen LogP contribution in [0.15, 0.2) is 42.5 Å². The average molecular weight is 280 g/mol. The van der Waals surface area contributed by atoms with Gasteiger partial charge in [-0.15, -0.1) is 0 Å². The van der Waals surface area contributed by atoms with Crippen LogP contribution in [0.1, 0.15) is 31.7 Å². The number of benzene rings is 1. The summed E-state index contributed by atoms with van der Waals surface area (Å²) in [5.41, 5.74) is 1.26. The minimum Gasteiger partial charge on any atom is -0.389 e. The Kier molecular flexibility index (Phi) is 4.92. The predicted octanol–water partition coefficient (Wildman–Crippen LogP) is 4.22. The smallest absolute Gasteiger partial charge is 0.249 e. The Morgan fingerprint density at radius 3 is 2.55 bits per heavy atom. The molecular formula is C17H22F2O. The van der Waals surface area contributed by atoms with Gasteiger partial charge < -0.3 is 5.11 Å². The van der Waals surface area contributed by atoms with Crippen molar-refractivity contribution in [3.05, 3.63) is 48.0 Å². The van der Waals surface area contributed by atoms with E-state index in [0.29, 0.717) is 0 Å². The van der Waals surface area contributed by atoms with Gasteiger partial charge in [0.15, 0.2) is 0 Å². The molecule has 1 aliphatic carbocycles. The number of allylic oxidation sites excluding steroid dienone is 1. The summed E-state index contributed by atoms with van der Waals surface area (Å²) in [6, 6.07) is 10.1. The maximum atomic E-state index is 12.7. The number of aliphatic hydroxyl groups excluding tert-OH is 1. The number of rotatable bonds is 6. The van der Waals surface area contributed by atoms with Gasteiger partial charge in [0, 0.05) is 12.8 Å². The molecule has 1 fully saturated rings. The van der Waals surface area contributed by atoms with Crippen LogP contribution in [0.3, 0.4) is 0 Å². The molecule has 0 bridgehead atoms. The molecule has 1 aliphatic rings. The Morgan fingerprint density at radius 1 is 1.30 bits per heavy atom. The Morgan fingerprint density at radius 2 is 1.95 bits per heavy atom. The van der Waals surface area contributed by atoms with Crippen molar-refractivity contribution >= 4 is 0 Å². The summed E-state index contributed by atoms with van der Waals surface area (Å²) in [4.78, 5) is 0. The maximum Gasteiger partial charge on any atom is 0.249 e. The highest BCUT2D eigenvalue weighted by atomic mass is 19.3. The first kappa shape index (κ1) is 15.2. The molecule has 0 radical (unpaired) electrons. The molecule has 110 valence electrons. The van der Waals surface area contributed by atoms with E-state index < -0.39 is 12.0 Å². The highest BCUT2D eigenvalue weighted by molar-refractivity contribution is 5.14. The monoisotopic (exact) mass is 280 g/mol. The van der Waals surface area contributed by atoms with Gasteiger partial charge in [0.05, 0.1) is 6.10 Å². The van der Waals surface area contributed by atoms with Crippen molar-refractivity contribution in [3.8, 4) is 0 Å². The van der Waals surface area contributed by atoms with Gasteiger partial charge in [0.1, 0.15) is 0 Å². The fourth-order valence-electron chi connectivity index (χ4n) is 2.51. The topological polar surface area (TPSA) is 20.2 Å². The Labute approximate surface area is 119 Å². The number of aliphatic hydroxyl groups is 1. The second kappa shape index (κ2) is 6.49. The fraction of sp³-hybridized carbons (Fsp3) is 0.529. The minimum atomic E-state index is -2.49. The third-order valence-corrected chi connectivity index (χ3v) is 4.02. The third-order valence-electron chi connectivity index (χ3n) is 4.02. The molecule has 1 nitrogen and oxygen atoms in total. The van der Waals surface area contributed by atoms with E-state index in [9.17, 15) is 13.9 Å². The zero-order valence-corrected chi connectivity index (χ0v) is 11.8. The van der Waals surface area contributed by atoms with Crippen molar-refractivity contribution in [1.29, 1.82) is 0 Å². The largest absolute Gasteiger partial charge is 0.389 e. The van der Waals surface area contributed by atoms with Gasteiger partial charge in [0.25, 0.3) is 0 Å². The molecule has 2 unspecified atom stereocenters. The average Bonchev–Trinajstić information content (AvgIpc) is 2.40. The van der Waals surface area contributed by atoms with Crippen molar-refractivity contribution < 1.29 is 13.9 Å². The minimum absolute atomic E-state index is 0.0685. The summed E-state index contributed by atoms with van der Waals surface area (Å²) in [5, 5.41) is 10.0. The highest BCUT2D eigenvalue weighted by Crippen LogP contribution is 2.43. The fourth-order valence-corrected chi connectivity index (χ4v) is 2.51. The molecule has 1 N–H and O–H groups in total. The molecule has 0 aliphatic heterocycles. The molecule has 0 aromatic heterocycles. The quantitative estimate of drug-likeness (QED) is 0.774. The van der Waals surface area contributed by atoms with Crippen LogP contribution in [0.25, 0.3) is 0 Å². The maximum absolute atomic E-state index is 12.7. The van der Waals surface area contributed by atoms with Gasteiger partial charge in [-0.3, -0.25) is 0 Å². The summed E-state index contributed by atoms with van der Waals surface area (Å²) in [7, 11) is 0. The van der Waals surface area contributed by atoms with E-state index in [-0.39, 0.29) is 24.7 Å². The standard InChI is InChI=1S/C17H22F2O/c1-13(7-8-14-5-3-2-4-6-14)16(20)10-9-15-11-17(18,19)12-15/h2-6,9-10,13,15-16,20H,7-8,11-12H2,1H3/b10-9+. The van der Waals surface area contributed by atoms with E-state index in [0.717, 1.165) is 12.8 Å². The van der Waals surface area contributed by atoms with Gasteiger partial charge in [-0.1, -0.05) is 49.4 Å². The van der Waals surface area contributed by atoms with E-state index in [1.807, 2.05) is 25.1 Å². The van der Waals surface area contributed by atoms with Crippen molar-refractivity contribution in [2.75, 3.05) is 0 Å². The molecule has 0 saturated heterocycles. The third kappa shape index (κ3) is 4.41. The molecule has 1 aromatic rings. The molecular weight excluding hydrogens is 258 g/mol. The number of hydrogen-bond donors (Lipinski definition) is 1. The van der Waals surface area contributed by atoms with Crippen LogP contribution in [0.5, 0.6) is 0 Å². The summed E-state index contributed by atoms with van der Waals surface area (Å²) in [5.74, 6) is -2.42. The van der Waals surface area contributed by atoms with Crippen LogP contribution in [0.2, 0.25) is 0 Å². The second-order valence-electron chi connectivity index (χ2n) is 5.90. The molecule has 0 spiro atoms. The van der Waals surface area contributed by atoms with E-state index in [1.165, 1.54) is 5.56 Å². The zero-order valence-electron chi connectivity index (χ0n) is 11.8. The number of alkyl halides is 2. The van der Waals surface area contributed by atoms with Crippen molar-refractivity contribution in [2.24, 2.45) is 11.8 Å². The SMILES string of the molecule is CC(CCc1ccccc1)C(O)/C=C/C1CC(F)(F)C1. The van der Waals surface area contributed by atoms with Crippen LogP contribution in [0.4, 0.5) is 8.78 Å². The summed E-state index contributed by atoms with van der Waals surface area (Å²) < 4.78 is 25.4. The summed E-state index contributed by atoms with van der Waals surface area (Å²) >= 11 is 0. The molecule has 0 heterocycles. The van der Waals surface area contributed by atoms with Crippen molar-refractivity contribution in [3.63, 3.8) is 0 Å². The first-order chi connectivity index (χ1) is 9.46. The molecule has 3 heteroatoms. The zero-order chi connectivity index (χ0) is 14.6. The first-order valence-electron chi connectivity index (χ1n) is 7.24. The van der Waals surface area contributed by atoms with Gasteiger partial charge in [-0.2, -0.15) is 0 Å². The first-order valence-corrected chi connectivity index (χ1v) is 7.24. The predicted molar refractivity (Wildman–Crippen MR) is 76.7 cm³/mol. The van der Waals surface area contributed by atoms with Gasteiger partial charge >= 0.3 is 0 Å². The summed E-state index contributed by atoms with van der Waals surface area (Å²) in [6.45, 7) is 1.99. The van der Waals surface area contributed by atoms with Crippen LogP contribution in [-0.4, -0.2) is 17.1 Å². The van der Waals surface area contributed by atoms with E-state index in [2.05, 4.69) is 12.1 Å². The van der Waals surface area contributed by atoms with Crippen molar-refractivity contribution in [1.82, 2.24) is 0 Å². The molecule has 2 atom stereocenters. The number of hydrogen-bond acceptors (Lipinski definition) is 1. The van der Waals surface area contributed by atoms with Crippen LogP contribution < -0.4 is 0 Å². The lowest BCUT2D eigenvalue weighted by Crippen LogP contribution is -2.34. The highest BCUT2D eigenvalue weighted by Gasteiger charge is 2.43. The summed E-state index contributed by atoms with van der Waals surface area (Å²) in [6.07, 6.45) is 4.55. The number of aryl methyl sites for hydroxylation is 1.